The van der Waals surface area contributed by atoms with Crippen LogP contribution in [0.2, 0.25) is 0 Å². The molecular weight excluding hydrogens is 420 g/mol. The first-order valence-corrected chi connectivity index (χ1v) is 11.5. The number of hydrogen-bond donors (Lipinski definition) is 3. The maximum atomic E-state index is 12.7. The molecule has 33 heavy (non-hydrogen) atoms. The molecule has 7 nitrogen and oxygen atoms in total. The Morgan fingerprint density at radius 3 is 2.03 bits per heavy atom. The summed E-state index contributed by atoms with van der Waals surface area (Å²) in [6.45, 7) is 5.81. The highest BCUT2D eigenvalue weighted by molar-refractivity contribution is 5.89. The summed E-state index contributed by atoms with van der Waals surface area (Å²) in [6.07, 6.45) is 0.639. The number of rotatable bonds is 10. The first-order valence-electron chi connectivity index (χ1n) is 11.5. The van der Waals surface area contributed by atoms with Crippen molar-refractivity contribution in [2.75, 3.05) is 6.61 Å². The van der Waals surface area contributed by atoms with Gasteiger partial charge in [-0.15, -0.1) is 0 Å². The average molecular weight is 453 g/mol. The Kier molecular flexibility index (Phi) is 8.09. The molecule has 0 heterocycles. The van der Waals surface area contributed by atoms with E-state index < -0.39 is 30.1 Å². The molecule has 7 heteroatoms. The SMILES string of the molecule is CCC[C@@H](NC(=O)OCC1c2ccccc2-c2ccccc21)C(=O)N[C@@H](CC(C)C)C(=O)O. The highest BCUT2D eigenvalue weighted by Crippen LogP contribution is 2.44. The second-order valence-corrected chi connectivity index (χ2v) is 8.84. The van der Waals surface area contributed by atoms with Gasteiger partial charge in [0.15, 0.2) is 0 Å². The fraction of sp³-hybridized carbons (Fsp3) is 0.423. The van der Waals surface area contributed by atoms with Crippen molar-refractivity contribution in [1.82, 2.24) is 10.6 Å². The predicted molar refractivity (Wildman–Crippen MR) is 126 cm³/mol. The van der Waals surface area contributed by atoms with Crippen LogP contribution in [0.25, 0.3) is 11.1 Å². The van der Waals surface area contributed by atoms with E-state index in [1.165, 1.54) is 0 Å². The number of carboxylic acids is 1. The van der Waals surface area contributed by atoms with Crippen molar-refractivity contribution in [2.24, 2.45) is 5.92 Å². The van der Waals surface area contributed by atoms with Crippen LogP contribution in [0.15, 0.2) is 48.5 Å². The second kappa shape index (κ2) is 11.0. The first-order chi connectivity index (χ1) is 15.8. The Morgan fingerprint density at radius 2 is 1.52 bits per heavy atom. The van der Waals surface area contributed by atoms with Gasteiger partial charge < -0.3 is 20.5 Å². The fourth-order valence-corrected chi connectivity index (χ4v) is 4.31. The molecule has 176 valence electrons. The number of ether oxygens (including phenoxy) is 1. The van der Waals surface area contributed by atoms with Crippen molar-refractivity contribution in [3.05, 3.63) is 59.7 Å². The third kappa shape index (κ3) is 5.92. The van der Waals surface area contributed by atoms with Crippen LogP contribution in [-0.4, -0.2) is 41.8 Å². The largest absolute Gasteiger partial charge is 0.480 e. The molecule has 0 radical (unpaired) electrons. The quantitative estimate of drug-likeness (QED) is 0.498. The van der Waals surface area contributed by atoms with E-state index in [1.807, 2.05) is 57.2 Å². The molecule has 0 spiro atoms. The van der Waals surface area contributed by atoms with E-state index in [2.05, 4.69) is 22.8 Å². The summed E-state index contributed by atoms with van der Waals surface area (Å²) in [5, 5.41) is 14.6. The third-order valence-corrected chi connectivity index (χ3v) is 5.85. The van der Waals surface area contributed by atoms with E-state index in [0.717, 1.165) is 22.3 Å². The molecule has 3 rings (SSSR count). The van der Waals surface area contributed by atoms with Gasteiger partial charge in [-0.2, -0.15) is 0 Å². The molecule has 2 amide bonds. The highest BCUT2D eigenvalue weighted by Gasteiger charge is 2.30. The molecule has 0 saturated heterocycles. The number of aliphatic carboxylic acids is 1. The van der Waals surface area contributed by atoms with Gasteiger partial charge in [0, 0.05) is 5.92 Å². The fourth-order valence-electron chi connectivity index (χ4n) is 4.31. The minimum absolute atomic E-state index is 0.0796. The lowest BCUT2D eigenvalue weighted by atomic mass is 9.98. The number of benzene rings is 2. The molecule has 2 aromatic carbocycles. The zero-order chi connectivity index (χ0) is 24.0. The Morgan fingerprint density at radius 1 is 0.939 bits per heavy atom. The molecule has 2 aromatic rings. The zero-order valence-electron chi connectivity index (χ0n) is 19.3. The summed E-state index contributed by atoms with van der Waals surface area (Å²) in [5.74, 6) is -1.58. The number of amides is 2. The van der Waals surface area contributed by atoms with Crippen molar-refractivity contribution in [2.45, 2.75) is 58.0 Å². The van der Waals surface area contributed by atoms with Crippen LogP contribution in [0, 0.1) is 5.92 Å². The standard InChI is InChI=1S/C26H32N2O5/c1-4-9-22(24(29)27-23(25(30)31)14-16(2)3)28-26(32)33-15-21-19-12-7-5-10-17(19)18-11-6-8-13-20(18)21/h5-8,10-13,16,21-23H,4,9,14-15H2,1-3H3,(H,27,29)(H,28,32)(H,30,31)/t22-,23+/m1/s1. The second-order valence-electron chi connectivity index (χ2n) is 8.84. The molecule has 0 aliphatic heterocycles. The number of alkyl carbamates (subject to hydrolysis) is 1. The molecule has 1 aliphatic rings. The maximum absolute atomic E-state index is 12.7. The maximum Gasteiger partial charge on any atom is 0.407 e. The molecule has 0 unspecified atom stereocenters. The van der Waals surface area contributed by atoms with E-state index in [-0.39, 0.29) is 18.4 Å². The Hall–Kier alpha value is -3.35. The van der Waals surface area contributed by atoms with Crippen molar-refractivity contribution < 1.29 is 24.2 Å². The molecule has 1 aliphatic carbocycles. The zero-order valence-corrected chi connectivity index (χ0v) is 19.3. The van der Waals surface area contributed by atoms with Crippen LogP contribution >= 0.6 is 0 Å². The van der Waals surface area contributed by atoms with Crippen LogP contribution < -0.4 is 10.6 Å². The first kappa shape index (κ1) is 24.3. The van der Waals surface area contributed by atoms with Gasteiger partial charge in [0.25, 0.3) is 0 Å². The molecule has 3 N–H and O–H groups in total. The summed E-state index contributed by atoms with van der Waals surface area (Å²) in [5.41, 5.74) is 4.48. The minimum atomic E-state index is -1.09. The number of carbonyl (C=O) groups is 3. The van der Waals surface area contributed by atoms with Gasteiger partial charge in [0.2, 0.25) is 5.91 Å². The molecule has 0 saturated carbocycles. The molecule has 0 fully saturated rings. The molecular formula is C26H32N2O5. The lowest BCUT2D eigenvalue weighted by Gasteiger charge is -2.22. The number of fused-ring (bicyclic) bond motifs is 3. The van der Waals surface area contributed by atoms with Crippen LogP contribution in [0.4, 0.5) is 4.79 Å². The number of carbonyl (C=O) groups excluding carboxylic acids is 2. The predicted octanol–water partition coefficient (Wildman–Crippen LogP) is 4.31. The van der Waals surface area contributed by atoms with Gasteiger partial charge in [0.1, 0.15) is 18.7 Å². The van der Waals surface area contributed by atoms with Gasteiger partial charge in [0.05, 0.1) is 0 Å². The summed E-state index contributed by atoms with van der Waals surface area (Å²) < 4.78 is 5.54. The van der Waals surface area contributed by atoms with Crippen LogP contribution in [0.3, 0.4) is 0 Å². The van der Waals surface area contributed by atoms with Crippen molar-refractivity contribution in [3.63, 3.8) is 0 Å². The van der Waals surface area contributed by atoms with Crippen molar-refractivity contribution in [3.8, 4) is 11.1 Å². The third-order valence-electron chi connectivity index (χ3n) is 5.85. The summed E-state index contributed by atoms with van der Waals surface area (Å²) in [6, 6.07) is 14.3. The number of hydrogen-bond acceptors (Lipinski definition) is 4. The Labute approximate surface area is 194 Å². The van der Waals surface area contributed by atoms with Crippen LogP contribution in [0.5, 0.6) is 0 Å². The topological polar surface area (TPSA) is 105 Å². The van der Waals surface area contributed by atoms with Crippen molar-refractivity contribution >= 4 is 18.0 Å². The normalized spacial score (nSPS) is 14.2. The highest BCUT2D eigenvalue weighted by atomic mass is 16.5. The van der Waals surface area contributed by atoms with E-state index in [0.29, 0.717) is 19.3 Å². The lowest BCUT2D eigenvalue weighted by Crippen LogP contribution is -2.52. The smallest absolute Gasteiger partial charge is 0.407 e. The van der Waals surface area contributed by atoms with Gasteiger partial charge in [-0.3, -0.25) is 4.79 Å². The Balaban J connectivity index is 1.64. The van der Waals surface area contributed by atoms with Gasteiger partial charge in [-0.25, -0.2) is 9.59 Å². The van der Waals surface area contributed by atoms with E-state index in [9.17, 15) is 19.5 Å². The number of nitrogens with one attached hydrogen (secondary N) is 2. The molecule has 0 aromatic heterocycles. The summed E-state index contributed by atoms with van der Waals surface area (Å²) in [4.78, 5) is 36.8. The van der Waals surface area contributed by atoms with Crippen molar-refractivity contribution in [1.29, 1.82) is 0 Å². The summed E-state index contributed by atoms with van der Waals surface area (Å²) in [7, 11) is 0. The van der Waals surface area contributed by atoms with E-state index in [1.54, 1.807) is 0 Å². The lowest BCUT2D eigenvalue weighted by molar-refractivity contribution is -0.142. The minimum Gasteiger partial charge on any atom is -0.480 e. The molecule has 0 bridgehead atoms. The van der Waals surface area contributed by atoms with E-state index >= 15 is 0 Å². The van der Waals surface area contributed by atoms with Crippen LogP contribution in [-0.2, 0) is 14.3 Å². The monoisotopic (exact) mass is 452 g/mol. The van der Waals surface area contributed by atoms with Gasteiger partial charge in [-0.05, 0) is 41.0 Å². The Bertz CT molecular complexity index is 958. The average Bonchev–Trinajstić information content (AvgIpc) is 3.10. The van der Waals surface area contributed by atoms with Gasteiger partial charge >= 0.3 is 12.1 Å². The van der Waals surface area contributed by atoms with Gasteiger partial charge in [-0.1, -0.05) is 75.7 Å². The molecule has 2 atom stereocenters. The van der Waals surface area contributed by atoms with Crippen LogP contribution in [0.1, 0.15) is 57.1 Å². The number of carboxylic acid groups (broad SMARTS) is 1. The summed E-state index contributed by atoms with van der Waals surface area (Å²) >= 11 is 0. The van der Waals surface area contributed by atoms with E-state index in [4.69, 9.17) is 4.74 Å².